The van der Waals surface area contributed by atoms with Crippen LogP contribution in [0.15, 0.2) is 48.5 Å². The number of carbonyl (C=O) groups excluding carboxylic acids is 1. The number of amides is 1. The Morgan fingerprint density at radius 3 is 2.28 bits per heavy atom. The maximum absolute atomic E-state index is 12.2. The van der Waals surface area contributed by atoms with Gasteiger partial charge in [-0.2, -0.15) is 4.98 Å². The molecule has 0 saturated heterocycles. The van der Waals surface area contributed by atoms with Gasteiger partial charge in [0.05, 0.1) is 12.1 Å². The number of aliphatic carboxylic acids is 1. The van der Waals surface area contributed by atoms with Crippen LogP contribution in [0.1, 0.15) is 48.9 Å². The molecular formula is C22H21Cl2N5O3. The second-order valence-electron chi connectivity index (χ2n) is 7.55. The number of hydrogen-bond acceptors (Lipinski definition) is 5. The first-order chi connectivity index (χ1) is 15.4. The van der Waals surface area contributed by atoms with Crippen molar-refractivity contribution >= 4 is 47.0 Å². The average Bonchev–Trinajstić information content (AvgIpc) is 3.16. The van der Waals surface area contributed by atoms with Gasteiger partial charge in [-0.15, -0.1) is 5.10 Å². The summed E-state index contributed by atoms with van der Waals surface area (Å²) < 4.78 is 1.75. The van der Waals surface area contributed by atoms with Crippen molar-refractivity contribution in [3.8, 4) is 0 Å². The van der Waals surface area contributed by atoms with Gasteiger partial charge in [0, 0.05) is 22.9 Å². The zero-order chi connectivity index (χ0) is 22.7. The summed E-state index contributed by atoms with van der Waals surface area (Å²) in [6, 6.07) is 15.0. The predicted octanol–water partition coefficient (Wildman–Crippen LogP) is 4.92. The van der Waals surface area contributed by atoms with Crippen molar-refractivity contribution in [2.24, 2.45) is 0 Å². The maximum atomic E-state index is 12.2. The first-order valence-corrected chi connectivity index (χ1v) is 10.9. The van der Waals surface area contributed by atoms with Crippen molar-refractivity contribution in [3.05, 3.63) is 69.7 Å². The Labute approximate surface area is 194 Å². The summed E-state index contributed by atoms with van der Waals surface area (Å²) in [5, 5.41) is 20.6. The van der Waals surface area contributed by atoms with Crippen molar-refractivity contribution < 1.29 is 14.7 Å². The lowest BCUT2D eigenvalue weighted by Gasteiger charge is -2.31. The van der Waals surface area contributed by atoms with E-state index in [-0.39, 0.29) is 43.2 Å². The van der Waals surface area contributed by atoms with Crippen LogP contribution in [-0.2, 0) is 9.59 Å². The van der Waals surface area contributed by atoms with Crippen LogP contribution in [0.25, 0.3) is 0 Å². The summed E-state index contributed by atoms with van der Waals surface area (Å²) in [7, 11) is 0. The maximum Gasteiger partial charge on any atom is 0.303 e. The van der Waals surface area contributed by atoms with Crippen molar-refractivity contribution in [1.82, 2.24) is 14.8 Å². The first-order valence-electron chi connectivity index (χ1n) is 10.1. The first kappa shape index (κ1) is 22.1. The molecule has 2 aromatic carbocycles. The van der Waals surface area contributed by atoms with E-state index in [4.69, 9.17) is 28.3 Å². The number of nitrogens with zero attached hydrogens (tertiary/aromatic N) is 3. The Balaban J connectivity index is 1.59. The number of carboxylic acids is 1. The van der Waals surface area contributed by atoms with E-state index in [1.54, 1.807) is 4.68 Å². The van der Waals surface area contributed by atoms with Gasteiger partial charge in [-0.3, -0.25) is 14.9 Å². The van der Waals surface area contributed by atoms with E-state index in [1.807, 2.05) is 48.5 Å². The number of hydrogen-bond donors (Lipinski definition) is 3. The van der Waals surface area contributed by atoms with E-state index in [2.05, 4.69) is 20.7 Å². The molecular weight excluding hydrogens is 453 g/mol. The predicted molar refractivity (Wildman–Crippen MR) is 122 cm³/mol. The number of rotatable bonds is 7. The lowest BCUT2D eigenvalue weighted by atomic mass is 9.93. The number of carboxylic acid groups (broad SMARTS) is 1. The molecule has 1 aliphatic heterocycles. The average molecular weight is 474 g/mol. The van der Waals surface area contributed by atoms with Crippen LogP contribution in [0.2, 0.25) is 10.0 Å². The van der Waals surface area contributed by atoms with Gasteiger partial charge in [-0.25, -0.2) is 4.68 Å². The molecule has 8 nitrogen and oxygen atoms in total. The van der Waals surface area contributed by atoms with Crippen molar-refractivity contribution in [2.45, 2.75) is 37.8 Å². The molecule has 1 amide bonds. The van der Waals surface area contributed by atoms with E-state index in [1.165, 1.54) is 0 Å². The quantitative estimate of drug-likeness (QED) is 0.448. The van der Waals surface area contributed by atoms with E-state index >= 15 is 0 Å². The molecule has 166 valence electrons. The number of nitrogens with one attached hydrogen (secondary N) is 2. The minimum Gasteiger partial charge on any atom is -0.481 e. The van der Waals surface area contributed by atoms with Crippen LogP contribution in [-0.4, -0.2) is 31.7 Å². The van der Waals surface area contributed by atoms with Crippen LogP contribution >= 0.6 is 23.2 Å². The third-order valence-electron chi connectivity index (χ3n) is 5.26. The van der Waals surface area contributed by atoms with Crippen LogP contribution in [0, 0.1) is 0 Å². The monoisotopic (exact) mass is 473 g/mol. The molecule has 2 atom stereocenters. The van der Waals surface area contributed by atoms with E-state index in [0.29, 0.717) is 22.4 Å². The molecule has 0 unspecified atom stereocenters. The zero-order valence-electron chi connectivity index (χ0n) is 17.0. The molecule has 10 heteroatoms. The molecule has 0 spiro atoms. The minimum atomic E-state index is -0.934. The largest absolute Gasteiger partial charge is 0.481 e. The van der Waals surface area contributed by atoms with Gasteiger partial charge >= 0.3 is 5.97 Å². The molecule has 32 heavy (non-hydrogen) atoms. The van der Waals surface area contributed by atoms with Crippen LogP contribution in [0.3, 0.4) is 0 Å². The second-order valence-corrected chi connectivity index (χ2v) is 8.42. The fraction of sp³-hybridized carbons (Fsp3) is 0.273. The Bertz CT molecular complexity index is 1120. The SMILES string of the molecule is O=C(O)CCCC(=O)Nc1nc2n(n1)[C@@H](c1ccc(Cl)cc1)C[C@@H](c1ccc(Cl)cc1)N2. The Kier molecular flexibility index (Phi) is 6.62. The van der Waals surface area contributed by atoms with Crippen LogP contribution in [0.4, 0.5) is 11.9 Å². The summed E-state index contributed by atoms with van der Waals surface area (Å²) in [6.07, 6.45) is 0.964. The molecule has 1 aromatic heterocycles. The van der Waals surface area contributed by atoms with Crippen LogP contribution in [0.5, 0.6) is 0 Å². The molecule has 4 rings (SSSR count). The molecule has 1 aliphatic rings. The van der Waals surface area contributed by atoms with Crippen molar-refractivity contribution in [1.29, 1.82) is 0 Å². The second kappa shape index (κ2) is 9.58. The number of anilines is 2. The number of fused-ring (bicyclic) bond motifs is 1. The smallest absolute Gasteiger partial charge is 0.303 e. The van der Waals surface area contributed by atoms with E-state index < -0.39 is 5.97 Å². The summed E-state index contributed by atoms with van der Waals surface area (Å²) >= 11 is 12.1. The van der Waals surface area contributed by atoms with E-state index in [9.17, 15) is 9.59 Å². The highest BCUT2D eigenvalue weighted by Gasteiger charge is 2.31. The van der Waals surface area contributed by atoms with Crippen molar-refractivity contribution in [2.75, 3.05) is 10.6 Å². The third-order valence-corrected chi connectivity index (χ3v) is 5.77. The van der Waals surface area contributed by atoms with Gasteiger partial charge in [-0.05, 0) is 48.2 Å². The van der Waals surface area contributed by atoms with E-state index in [0.717, 1.165) is 11.1 Å². The molecule has 0 radical (unpaired) electrons. The normalized spacial score (nSPS) is 17.3. The highest BCUT2D eigenvalue weighted by atomic mass is 35.5. The lowest BCUT2D eigenvalue weighted by Crippen LogP contribution is -2.28. The summed E-state index contributed by atoms with van der Waals surface area (Å²) in [5.41, 5.74) is 2.07. The molecule has 0 aliphatic carbocycles. The summed E-state index contributed by atoms with van der Waals surface area (Å²) in [4.78, 5) is 27.3. The highest BCUT2D eigenvalue weighted by molar-refractivity contribution is 6.30. The molecule has 2 heterocycles. The Hall–Kier alpha value is -3.10. The molecule has 0 bridgehead atoms. The highest BCUT2D eigenvalue weighted by Crippen LogP contribution is 2.38. The van der Waals surface area contributed by atoms with Gasteiger partial charge in [0.15, 0.2) is 0 Å². The lowest BCUT2D eigenvalue weighted by molar-refractivity contribution is -0.137. The number of carbonyl (C=O) groups is 2. The molecule has 0 saturated carbocycles. The molecule has 3 aromatic rings. The van der Waals surface area contributed by atoms with Crippen LogP contribution < -0.4 is 10.6 Å². The fourth-order valence-electron chi connectivity index (χ4n) is 3.69. The Morgan fingerprint density at radius 2 is 1.66 bits per heavy atom. The number of benzene rings is 2. The minimum absolute atomic E-state index is 0.0382. The van der Waals surface area contributed by atoms with Gasteiger partial charge in [0.1, 0.15) is 0 Å². The Morgan fingerprint density at radius 1 is 1.03 bits per heavy atom. The van der Waals surface area contributed by atoms with Gasteiger partial charge in [-0.1, -0.05) is 47.5 Å². The summed E-state index contributed by atoms with van der Waals surface area (Å²) in [5.74, 6) is -0.566. The van der Waals surface area contributed by atoms with Gasteiger partial charge in [0.25, 0.3) is 5.95 Å². The number of halogens is 2. The fourth-order valence-corrected chi connectivity index (χ4v) is 3.95. The standard InChI is InChI=1S/C22H21Cl2N5O3/c23-15-8-4-13(5-9-15)17-12-18(14-6-10-16(24)11-7-14)29-22(25-17)27-21(28-29)26-19(30)2-1-3-20(31)32/h4-11,17-18H,1-3,12H2,(H,31,32)(H2,25,26,27,28,30)/t17-,18+/m0/s1. The number of aromatic nitrogens is 3. The third kappa shape index (κ3) is 5.20. The van der Waals surface area contributed by atoms with Gasteiger partial charge in [0.2, 0.25) is 11.9 Å². The molecule has 3 N–H and O–H groups in total. The van der Waals surface area contributed by atoms with Crippen molar-refractivity contribution in [3.63, 3.8) is 0 Å². The molecule has 0 fully saturated rings. The summed E-state index contributed by atoms with van der Waals surface area (Å²) in [6.45, 7) is 0. The topological polar surface area (TPSA) is 109 Å². The zero-order valence-corrected chi connectivity index (χ0v) is 18.5. The van der Waals surface area contributed by atoms with Gasteiger partial charge < -0.3 is 10.4 Å².